The van der Waals surface area contributed by atoms with Crippen LogP contribution >= 0.6 is 23.2 Å². The van der Waals surface area contributed by atoms with Gasteiger partial charge in [0.2, 0.25) is 0 Å². The van der Waals surface area contributed by atoms with Crippen molar-refractivity contribution >= 4 is 28.9 Å². The van der Waals surface area contributed by atoms with Crippen molar-refractivity contribution in [3.8, 4) is 0 Å². The molecule has 1 aliphatic rings. The lowest BCUT2D eigenvalue weighted by Gasteiger charge is -2.30. The lowest BCUT2D eigenvalue weighted by molar-refractivity contribution is 0.530. The molecule has 1 aliphatic carbocycles. The highest BCUT2D eigenvalue weighted by molar-refractivity contribution is 6.42. The standard InChI is InChI=1S/C16H16Cl2N2/c17-14-5-1-9(7-15(14)18)11-4-6-16(20)13-8-10(19)2-3-12(11)13/h1-3,5,7-8,11,16H,4,6,19-20H2/t11-,16-/m0/s1. The molecule has 2 atom stereocenters. The first-order valence-corrected chi connectivity index (χ1v) is 7.41. The van der Waals surface area contributed by atoms with Gasteiger partial charge in [-0.25, -0.2) is 0 Å². The largest absolute Gasteiger partial charge is 0.399 e. The van der Waals surface area contributed by atoms with Crippen LogP contribution in [0.5, 0.6) is 0 Å². The van der Waals surface area contributed by atoms with E-state index in [0.29, 0.717) is 16.0 Å². The molecule has 2 nitrogen and oxygen atoms in total. The van der Waals surface area contributed by atoms with Crippen molar-refractivity contribution < 1.29 is 0 Å². The van der Waals surface area contributed by atoms with Crippen molar-refractivity contribution in [2.24, 2.45) is 5.73 Å². The second-order valence-corrected chi connectivity index (χ2v) is 6.11. The number of rotatable bonds is 1. The number of halogens is 2. The van der Waals surface area contributed by atoms with Crippen molar-refractivity contribution in [2.75, 3.05) is 5.73 Å². The van der Waals surface area contributed by atoms with Crippen LogP contribution in [0, 0.1) is 0 Å². The molecule has 0 amide bonds. The Bertz CT molecular complexity index is 655. The van der Waals surface area contributed by atoms with E-state index in [1.165, 1.54) is 11.1 Å². The maximum Gasteiger partial charge on any atom is 0.0595 e. The number of nitrogens with two attached hydrogens (primary N) is 2. The molecule has 0 radical (unpaired) electrons. The lowest BCUT2D eigenvalue weighted by Crippen LogP contribution is -2.21. The summed E-state index contributed by atoms with van der Waals surface area (Å²) < 4.78 is 0. The molecule has 0 heterocycles. The van der Waals surface area contributed by atoms with Crippen LogP contribution in [-0.4, -0.2) is 0 Å². The number of nitrogen functional groups attached to an aromatic ring is 1. The van der Waals surface area contributed by atoms with E-state index >= 15 is 0 Å². The smallest absolute Gasteiger partial charge is 0.0595 e. The predicted molar refractivity (Wildman–Crippen MR) is 85.3 cm³/mol. The molecule has 0 aromatic heterocycles. The van der Waals surface area contributed by atoms with Crippen LogP contribution in [0.25, 0.3) is 0 Å². The average molecular weight is 307 g/mol. The monoisotopic (exact) mass is 306 g/mol. The van der Waals surface area contributed by atoms with Gasteiger partial charge in [0, 0.05) is 17.6 Å². The molecular weight excluding hydrogens is 291 g/mol. The minimum atomic E-state index is 0.0625. The molecule has 0 saturated heterocycles. The van der Waals surface area contributed by atoms with Gasteiger partial charge in [-0.2, -0.15) is 0 Å². The van der Waals surface area contributed by atoms with Gasteiger partial charge in [0.25, 0.3) is 0 Å². The van der Waals surface area contributed by atoms with Crippen molar-refractivity contribution in [3.63, 3.8) is 0 Å². The molecule has 2 aromatic rings. The highest BCUT2D eigenvalue weighted by atomic mass is 35.5. The molecule has 2 aromatic carbocycles. The fourth-order valence-corrected chi connectivity index (χ4v) is 3.27. The van der Waals surface area contributed by atoms with E-state index < -0.39 is 0 Å². The van der Waals surface area contributed by atoms with E-state index in [1.807, 2.05) is 30.3 Å². The van der Waals surface area contributed by atoms with E-state index in [9.17, 15) is 0 Å². The third-order valence-electron chi connectivity index (χ3n) is 4.00. The Kier molecular flexibility index (Phi) is 3.63. The van der Waals surface area contributed by atoms with Crippen molar-refractivity contribution in [2.45, 2.75) is 24.8 Å². The first-order chi connectivity index (χ1) is 9.56. The Morgan fingerprint density at radius 2 is 1.70 bits per heavy atom. The van der Waals surface area contributed by atoms with Crippen molar-refractivity contribution in [1.29, 1.82) is 0 Å². The minimum absolute atomic E-state index is 0.0625. The molecule has 4 N–H and O–H groups in total. The number of hydrogen-bond donors (Lipinski definition) is 2. The zero-order chi connectivity index (χ0) is 14.3. The average Bonchev–Trinajstić information content (AvgIpc) is 2.43. The molecule has 0 aliphatic heterocycles. The van der Waals surface area contributed by atoms with Gasteiger partial charge in [-0.1, -0.05) is 35.3 Å². The zero-order valence-corrected chi connectivity index (χ0v) is 12.5. The Morgan fingerprint density at radius 3 is 2.45 bits per heavy atom. The van der Waals surface area contributed by atoms with Gasteiger partial charge in [0.15, 0.2) is 0 Å². The number of fused-ring (bicyclic) bond motifs is 1. The molecule has 104 valence electrons. The summed E-state index contributed by atoms with van der Waals surface area (Å²) in [7, 11) is 0. The summed E-state index contributed by atoms with van der Waals surface area (Å²) in [5, 5.41) is 1.18. The first-order valence-electron chi connectivity index (χ1n) is 6.66. The molecule has 3 rings (SSSR count). The third-order valence-corrected chi connectivity index (χ3v) is 4.74. The normalized spacial score (nSPS) is 21.6. The van der Waals surface area contributed by atoms with Gasteiger partial charge in [-0.15, -0.1) is 0 Å². The fourth-order valence-electron chi connectivity index (χ4n) is 2.96. The molecule has 20 heavy (non-hydrogen) atoms. The maximum absolute atomic E-state index is 6.21. The highest BCUT2D eigenvalue weighted by Crippen LogP contribution is 2.42. The van der Waals surface area contributed by atoms with Gasteiger partial charge in [0.1, 0.15) is 0 Å². The number of anilines is 1. The second kappa shape index (κ2) is 5.28. The molecule has 0 bridgehead atoms. The van der Waals surface area contributed by atoms with Crippen LogP contribution in [0.4, 0.5) is 5.69 Å². The van der Waals surface area contributed by atoms with Gasteiger partial charge in [0.05, 0.1) is 10.0 Å². The summed E-state index contributed by atoms with van der Waals surface area (Å²) in [6.07, 6.45) is 1.96. The van der Waals surface area contributed by atoms with Crippen molar-refractivity contribution in [1.82, 2.24) is 0 Å². The summed E-state index contributed by atoms with van der Waals surface area (Å²) in [5.74, 6) is 0.306. The molecule has 0 saturated carbocycles. The third kappa shape index (κ3) is 2.39. The molecule has 0 fully saturated rings. The highest BCUT2D eigenvalue weighted by Gasteiger charge is 2.26. The van der Waals surface area contributed by atoms with Gasteiger partial charge >= 0.3 is 0 Å². The van der Waals surface area contributed by atoms with Crippen LogP contribution in [0.1, 0.15) is 41.5 Å². The van der Waals surface area contributed by atoms with E-state index in [2.05, 4.69) is 6.07 Å². The van der Waals surface area contributed by atoms with E-state index in [4.69, 9.17) is 34.7 Å². The van der Waals surface area contributed by atoms with E-state index in [0.717, 1.165) is 24.1 Å². The Hall–Kier alpha value is -1.22. The summed E-state index contributed by atoms with van der Waals surface area (Å²) >= 11 is 12.1. The molecule has 0 unspecified atom stereocenters. The number of benzene rings is 2. The van der Waals surface area contributed by atoms with Crippen molar-refractivity contribution in [3.05, 3.63) is 63.1 Å². The molecular formula is C16H16Cl2N2. The quantitative estimate of drug-likeness (QED) is 0.762. The predicted octanol–water partition coefficient (Wildman–Crippen LogP) is 4.50. The van der Waals surface area contributed by atoms with E-state index in [1.54, 1.807) is 0 Å². The van der Waals surface area contributed by atoms with Gasteiger partial charge in [-0.05, 0) is 53.8 Å². The van der Waals surface area contributed by atoms with Crippen LogP contribution < -0.4 is 11.5 Å². The fraction of sp³-hybridized carbons (Fsp3) is 0.250. The number of hydrogen-bond acceptors (Lipinski definition) is 2. The van der Waals surface area contributed by atoms with Gasteiger partial charge in [-0.3, -0.25) is 0 Å². The zero-order valence-electron chi connectivity index (χ0n) is 10.9. The Morgan fingerprint density at radius 1 is 0.900 bits per heavy atom. The maximum atomic E-state index is 6.21. The van der Waals surface area contributed by atoms with Crippen LogP contribution in [-0.2, 0) is 0 Å². The SMILES string of the molecule is Nc1ccc2c(c1)[C@@H](N)CC[C@H]2c1ccc(Cl)c(Cl)c1. The van der Waals surface area contributed by atoms with Crippen LogP contribution in [0.15, 0.2) is 36.4 Å². The molecule has 4 heteroatoms. The second-order valence-electron chi connectivity index (χ2n) is 5.30. The topological polar surface area (TPSA) is 52.0 Å². The van der Waals surface area contributed by atoms with Crippen LogP contribution in [0.2, 0.25) is 10.0 Å². The summed E-state index contributed by atoms with van der Waals surface area (Å²) in [4.78, 5) is 0. The summed E-state index contributed by atoms with van der Waals surface area (Å²) in [6, 6.07) is 11.9. The molecule has 0 spiro atoms. The van der Waals surface area contributed by atoms with E-state index in [-0.39, 0.29) is 6.04 Å². The van der Waals surface area contributed by atoms with Gasteiger partial charge < -0.3 is 11.5 Å². The first kappa shape index (κ1) is 13.7. The minimum Gasteiger partial charge on any atom is -0.399 e. The summed E-state index contributed by atoms with van der Waals surface area (Å²) in [6.45, 7) is 0. The van der Waals surface area contributed by atoms with Crippen LogP contribution in [0.3, 0.4) is 0 Å². The Balaban J connectivity index is 2.08. The Labute approximate surface area is 128 Å². The summed E-state index contributed by atoms with van der Waals surface area (Å²) in [5.41, 5.74) is 16.4. The lowest BCUT2D eigenvalue weighted by atomic mass is 9.77.